The number of amides is 1. The Labute approximate surface area is 122 Å². The number of nitrogens with zero attached hydrogens (tertiary/aromatic N) is 1. The second kappa shape index (κ2) is 5.86. The molecule has 1 N–H and O–H groups in total. The van der Waals surface area contributed by atoms with Gasteiger partial charge in [0, 0.05) is 19.5 Å². The molecular formula is C17H26N2O. The zero-order valence-corrected chi connectivity index (χ0v) is 13.1. The molecular weight excluding hydrogens is 248 g/mol. The van der Waals surface area contributed by atoms with Crippen molar-refractivity contribution in [2.24, 2.45) is 11.3 Å². The van der Waals surface area contributed by atoms with Crippen LogP contribution in [-0.4, -0.2) is 19.0 Å². The summed E-state index contributed by atoms with van der Waals surface area (Å²) < 4.78 is 0. The van der Waals surface area contributed by atoms with Crippen LogP contribution in [0.5, 0.6) is 0 Å². The molecule has 3 heteroatoms. The third-order valence-electron chi connectivity index (χ3n) is 4.33. The highest BCUT2D eigenvalue weighted by Gasteiger charge is 2.27. The summed E-state index contributed by atoms with van der Waals surface area (Å²) in [7, 11) is 0. The van der Waals surface area contributed by atoms with E-state index in [1.807, 2.05) is 29.2 Å². The van der Waals surface area contributed by atoms with Crippen molar-refractivity contribution in [3.05, 3.63) is 24.3 Å². The normalized spacial score (nSPS) is 16.9. The van der Waals surface area contributed by atoms with Gasteiger partial charge in [-0.1, -0.05) is 39.8 Å². The molecule has 1 heterocycles. The Morgan fingerprint density at radius 3 is 2.75 bits per heavy atom. The van der Waals surface area contributed by atoms with Gasteiger partial charge in [-0.3, -0.25) is 4.79 Å². The average Bonchev–Trinajstić information content (AvgIpc) is 2.59. The zero-order chi connectivity index (χ0) is 14.8. The first-order valence-electron chi connectivity index (χ1n) is 7.53. The Kier molecular flexibility index (Phi) is 4.36. The van der Waals surface area contributed by atoms with Gasteiger partial charge in [-0.05, 0) is 29.9 Å². The molecule has 20 heavy (non-hydrogen) atoms. The fraction of sp³-hybridized carbons (Fsp3) is 0.588. The lowest BCUT2D eigenvalue weighted by Gasteiger charge is -2.30. The van der Waals surface area contributed by atoms with Crippen LogP contribution in [-0.2, 0) is 4.79 Å². The number of carbonyl (C=O) groups excluding carboxylic acids is 1. The largest absolute Gasteiger partial charge is 0.383 e. The van der Waals surface area contributed by atoms with Gasteiger partial charge in [0.25, 0.3) is 0 Å². The van der Waals surface area contributed by atoms with E-state index in [0.717, 1.165) is 30.9 Å². The Morgan fingerprint density at radius 2 is 2.05 bits per heavy atom. The van der Waals surface area contributed by atoms with Gasteiger partial charge in [0.15, 0.2) is 0 Å². The molecule has 1 atom stereocenters. The van der Waals surface area contributed by atoms with Crippen molar-refractivity contribution in [2.75, 3.05) is 23.3 Å². The maximum atomic E-state index is 12.7. The molecule has 0 aromatic heterocycles. The zero-order valence-electron chi connectivity index (χ0n) is 13.1. The molecule has 1 aliphatic heterocycles. The fourth-order valence-corrected chi connectivity index (χ4v) is 2.38. The maximum Gasteiger partial charge on any atom is 0.227 e. The van der Waals surface area contributed by atoms with Crippen LogP contribution in [0, 0.1) is 11.3 Å². The van der Waals surface area contributed by atoms with Crippen molar-refractivity contribution < 1.29 is 4.79 Å². The van der Waals surface area contributed by atoms with Crippen molar-refractivity contribution in [3.8, 4) is 0 Å². The minimum atomic E-state index is 0.166. The van der Waals surface area contributed by atoms with Gasteiger partial charge in [-0.2, -0.15) is 0 Å². The molecule has 0 bridgehead atoms. The van der Waals surface area contributed by atoms with Crippen molar-refractivity contribution in [1.82, 2.24) is 0 Å². The van der Waals surface area contributed by atoms with Crippen molar-refractivity contribution >= 4 is 17.3 Å². The van der Waals surface area contributed by atoms with E-state index in [4.69, 9.17) is 0 Å². The summed E-state index contributed by atoms with van der Waals surface area (Å²) in [6, 6.07) is 8.10. The van der Waals surface area contributed by atoms with Crippen molar-refractivity contribution in [2.45, 2.75) is 40.5 Å². The lowest BCUT2D eigenvalue weighted by molar-refractivity contribution is -0.120. The molecule has 1 aliphatic rings. The smallest absolute Gasteiger partial charge is 0.227 e. The first-order chi connectivity index (χ1) is 9.39. The van der Waals surface area contributed by atoms with Crippen LogP contribution in [0.2, 0.25) is 0 Å². The van der Waals surface area contributed by atoms with Crippen LogP contribution in [0.4, 0.5) is 11.4 Å². The third-order valence-corrected chi connectivity index (χ3v) is 4.33. The minimum Gasteiger partial charge on any atom is -0.383 e. The molecule has 0 aliphatic carbocycles. The standard InChI is InChI=1S/C17H26N2O/c1-13(17(2,3)4)12-16(20)19-11-7-10-18-14-8-5-6-9-15(14)19/h5-6,8-9,13,18H,7,10-12H2,1-4H3. The number of nitrogens with one attached hydrogen (secondary N) is 1. The van der Waals surface area contributed by atoms with Crippen molar-refractivity contribution in [1.29, 1.82) is 0 Å². The number of carbonyl (C=O) groups is 1. The van der Waals surface area contributed by atoms with E-state index >= 15 is 0 Å². The Hall–Kier alpha value is -1.51. The molecule has 1 amide bonds. The number of fused-ring (bicyclic) bond motifs is 1. The molecule has 1 aromatic carbocycles. The quantitative estimate of drug-likeness (QED) is 0.887. The van der Waals surface area contributed by atoms with Gasteiger partial charge in [0.05, 0.1) is 11.4 Å². The van der Waals surface area contributed by atoms with Crippen LogP contribution in [0.25, 0.3) is 0 Å². The number of hydrogen-bond donors (Lipinski definition) is 1. The minimum absolute atomic E-state index is 0.166. The number of para-hydroxylation sites is 2. The third kappa shape index (κ3) is 3.33. The first-order valence-corrected chi connectivity index (χ1v) is 7.53. The van der Waals surface area contributed by atoms with Gasteiger partial charge in [0.2, 0.25) is 5.91 Å². The van der Waals surface area contributed by atoms with Crippen LogP contribution < -0.4 is 10.2 Å². The summed E-state index contributed by atoms with van der Waals surface area (Å²) in [5.74, 6) is 0.613. The Morgan fingerprint density at radius 1 is 1.35 bits per heavy atom. The number of hydrogen-bond acceptors (Lipinski definition) is 2. The number of benzene rings is 1. The molecule has 110 valence electrons. The SMILES string of the molecule is CC(CC(=O)N1CCCNc2ccccc21)C(C)(C)C. The highest BCUT2D eigenvalue weighted by atomic mass is 16.2. The summed E-state index contributed by atoms with van der Waals surface area (Å²) in [4.78, 5) is 14.6. The molecule has 3 nitrogen and oxygen atoms in total. The first kappa shape index (κ1) is 14.9. The monoisotopic (exact) mass is 274 g/mol. The van der Waals surface area contributed by atoms with Gasteiger partial charge in [0.1, 0.15) is 0 Å². The second-order valence-corrected chi connectivity index (χ2v) is 6.81. The summed E-state index contributed by atoms with van der Waals surface area (Å²) in [5, 5.41) is 3.40. The molecule has 0 saturated carbocycles. The van der Waals surface area contributed by atoms with E-state index in [0.29, 0.717) is 12.3 Å². The van der Waals surface area contributed by atoms with Crippen LogP contribution in [0.15, 0.2) is 24.3 Å². The molecule has 0 saturated heterocycles. The van der Waals surface area contributed by atoms with E-state index in [-0.39, 0.29) is 11.3 Å². The van der Waals surface area contributed by atoms with E-state index in [1.165, 1.54) is 0 Å². The predicted octanol–water partition coefficient (Wildman–Crippen LogP) is 3.91. The van der Waals surface area contributed by atoms with E-state index in [2.05, 4.69) is 33.0 Å². The number of rotatable bonds is 2. The topological polar surface area (TPSA) is 32.3 Å². The Bertz CT molecular complexity index is 476. The summed E-state index contributed by atoms with van der Waals surface area (Å²) in [5.41, 5.74) is 2.26. The predicted molar refractivity (Wildman–Crippen MR) is 85.1 cm³/mol. The second-order valence-electron chi connectivity index (χ2n) is 6.81. The van der Waals surface area contributed by atoms with E-state index in [9.17, 15) is 4.79 Å². The highest BCUT2D eigenvalue weighted by Crippen LogP contribution is 2.32. The van der Waals surface area contributed by atoms with Gasteiger partial charge >= 0.3 is 0 Å². The fourth-order valence-electron chi connectivity index (χ4n) is 2.38. The maximum absolute atomic E-state index is 12.7. The summed E-state index contributed by atoms with van der Waals surface area (Å²) >= 11 is 0. The Balaban J connectivity index is 2.18. The van der Waals surface area contributed by atoms with Crippen molar-refractivity contribution in [3.63, 3.8) is 0 Å². The van der Waals surface area contributed by atoms with E-state index < -0.39 is 0 Å². The molecule has 1 unspecified atom stereocenters. The molecule has 0 radical (unpaired) electrons. The molecule has 1 aromatic rings. The van der Waals surface area contributed by atoms with Crippen LogP contribution in [0.1, 0.15) is 40.5 Å². The highest BCUT2D eigenvalue weighted by molar-refractivity contribution is 5.97. The summed E-state index contributed by atoms with van der Waals surface area (Å²) in [6.45, 7) is 10.5. The van der Waals surface area contributed by atoms with E-state index in [1.54, 1.807) is 0 Å². The molecule has 0 spiro atoms. The summed E-state index contributed by atoms with van der Waals surface area (Å²) in [6.07, 6.45) is 1.60. The van der Waals surface area contributed by atoms with Crippen LogP contribution in [0.3, 0.4) is 0 Å². The van der Waals surface area contributed by atoms with Gasteiger partial charge in [-0.15, -0.1) is 0 Å². The van der Waals surface area contributed by atoms with Crippen LogP contribution >= 0.6 is 0 Å². The molecule has 2 rings (SSSR count). The average molecular weight is 274 g/mol. The van der Waals surface area contributed by atoms with Gasteiger partial charge in [-0.25, -0.2) is 0 Å². The van der Waals surface area contributed by atoms with Gasteiger partial charge < -0.3 is 10.2 Å². The number of anilines is 2. The molecule has 0 fully saturated rings. The lowest BCUT2D eigenvalue weighted by Crippen LogP contribution is -2.34. The lowest BCUT2D eigenvalue weighted by atomic mass is 9.80.